The molecule has 1 nitrogen and oxygen atoms in total. The van der Waals surface area contributed by atoms with E-state index in [1.807, 2.05) is 24.3 Å². The Kier molecular flexibility index (Phi) is 4.78. The van der Waals surface area contributed by atoms with E-state index in [0.717, 1.165) is 14.2 Å². The van der Waals surface area contributed by atoms with Gasteiger partial charge in [-0.2, -0.15) is 0 Å². The van der Waals surface area contributed by atoms with Gasteiger partial charge in [-0.15, -0.1) is 11.3 Å². The maximum absolute atomic E-state index is 12.2. The highest BCUT2D eigenvalue weighted by molar-refractivity contribution is 9.11. The van der Waals surface area contributed by atoms with Crippen LogP contribution in [0.5, 0.6) is 0 Å². The van der Waals surface area contributed by atoms with Crippen molar-refractivity contribution in [1.29, 1.82) is 0 Å². The first-order valence-corrected chi connectivity index (χ1v) is 8.44. The Labute approximate surface area is 126 Å². The molecule has 0 fully saturated rings. The lowest BCUT2D eigenvalue weighted by atomic mass is 10.2. The Morgan fingerprint density at radius 1 is 1.28 bits per heavy atom. The van der Waals surface area contributed by atoms with E-state index in [-0.39, 0.29) is 0 Å². The molecule has 2 aromatic rings. The number of hydrogen-bond acceptors (Lipinski definition) is 2. The van der Waals surface area contributed by atoms with E-state index in [0.29, 0.717) is 15.7 Å². The Balaban J connectivity index is 2.08. The average Bonchev–Trinajstić information content (AvgIpc) is 2.78. The number of thiophene rings is 1. The predicted molar refractivity (Wildman–Crippen MR) is 84.4 cm³/mol. The van der Waals surface area contributed by atoms with Crippen molar-refractivity contribution in [1.82, 2.24) is 0 Å². The highest BCUT2D eigenvalue weighted by atomic mass is 79.9. The Morgan fingerprint density at radius 2 is 1.94 bits per heavy atom. The van der Waals surface area contributed by atoms with Crippen LogP contribution >= 0.6 is 38.9 Å². The van der Waals surface area contributed by atoms with Crippen molar-refractivity contribution in [2.45, 2.75) is 5.75 Å². The quantitative estimate of drug-likeness (QED) is 0.742. The van der Waals surface area contributed by atoms with Crippen LogP contribution in [0.4, 0.5) is 0 Å². The van der Waals surface area contributed by atoms with Crippen LogP contribution in [-0.4, -0.2) is 4.21 Å². The Morgan fingerprint density at radius 3 is 2.50 bits per heavy atom. The molecule has 0 N–H and O–H groups in total. The molecule has 1 aromatic carbocycles. The van der Waals surface area contributed by atoms with Crippen molar-refractivity contribution in [3.8, 4) is 0 Å². The Hall–Kier alpha value is -0.420. The standard InChI is InChI=1S/C13H10BrClOS2/c1-9(12-6-7-13(14)17-12)18(16)8-10-2-4-11(15)5-3-10/h2-7H,1,8H2. The first-order valence-electron chi connectivity index (χ1n) is 5.13. The average molecular weight is 362 g/mol. The van der Waals surface area contributed by atoms with Gasteiger partial charge in [0, 0.05) is 14.8 Å². The zero-order chi connectivity index (χ0) is 13.1. The zero-order valence-corrected chi connectivity index (χ0v) is 13.3. The van der Waals surface area contributed by atoms with Gasteiger partial charge in [0.05, 0.1) is 20.3 Å². The lowest BCUT2D eigenvalue weighted by Gasteiger charge is -2.04. The van der Waals surface area contributed by atoms with Gasteiger partial charge in [0.15, 0.2) is 0 Å². The van der Waals surface area contributed by atoms with E-state index < -0.39 is 10.8 Å². The minimum Gasteiger partial charge on any atom is -0.254 e. The molecular weight excluding hydrogens is 352 g/mol. The summed E-state index contributed by atoms with van der Waals surface area (Å²) in [4.78, 5) is 1.62. The van der Waals surface area contributed by atoms with Crippen molar-refractivity contribution < 1.29 is 4.21 Å². The largest absolute Gasteiger partial charge is 0.254 e. The van der Waals surface area contributed by atoms with Crippen molar-refractivity contribution in [3.05, 3.63) is 62.2 Å². The SMILES string of the molecule is C=C(c1ccc(Br)s1)S(=O)Cc1ccc(Cl)cc1. The number of hydrogen-bond donors (Lipinski definition) is 0. The summed E-state index contributed by atoms with van der Waals surface area (Å²) >= 11 is 10.7. The highest BCUT2D eigenvalue weighted by Crippen LogP contribution is 2.29. The fourth-order valence-corrected chi connectivity index (χ4v) is 4.14. The van der Waals surface area contributed by atoms with E-state index in [1.54, 1.807) is 23.5 Å². The summed E-state index contributed by atoms with van der Waals surface area (Å²) in [5, 5.41) is 0.686. The second kappa shape index (κ2) is 6.15. The van der Waals surface area contributed by atoms with Gasteiger partial charge in [0.1, 0.15) is 0 Å². The lowest BCUT2D eigenvalue weighted by molar-refractivity contribution is 0.688. The molecule has 0 aliphatic heterocycles. The second-order valence-electron chi connectivity index (χ2n) is 3.64. The molecule has 0 bridgehead atoms. The highest BCUT2D eigenvalue weighted by Gasteiger charge is 2.10. The zero-order valence-electron chi connectivity index (χ0n) is 9.36. The van der Waals surface area contributed by atoms with Crippen LogP contribution in [-0.2, 0) is 16.6 Å². The third-order valence-corrected chi connectivity index (χ3v) is 5.76. The normalized spacial score (nSPS) is 12.3. The number of halogens is 2. The molecule has 1 heterocycles. The fourth-order valence-electron chi connectivity index (χ4n) is 1.40. The van der Waals surface area contributed by atoms with Crippen molar-refractivity contribution in [2.75, 3.05) is 0 Å². The van der Waals surface area contributed by atoms with Gasteiger partial charge in [-0.3, -0.25) is 4.21 Å². The van der Waals surface area contributed by atoms with Crippen LogP contribution < -0.4 is 0 Å². The molecule has 1 aromatic heterocycles. The van der Waals surface area contributed by atoms with Crippen LogP contribution in [0, 0.1) is 0 Å². The molecule has 0 radical (unpaired) electrons. The third kappa shape index (κ3) is 3.54. The molecule has 2 rings (SSSR count). The van der Waals surface area contributed by atoms with Crippen LogP contribution in [0.25, 0.3) is 4.91 Å². The Bertz CT molecular complexity index is 589. The van der Waals surface area contributed by atoms with E-state index in [1.165, 1.54) is 0 Å². The van der Waals surface area contributed by atoms with Gasteiger partial charge in [-0.05, 0) is 45.8 Å². The fraction of sp³-hybridized carbons (Fsp3) is 0.0769. The topological polar surface area (TPSA) is 17.1 Å². The lowest BCUT2D eigenvalue weighted by Crippen LogP contribution is -1.96. The van der Waals surface area contributed by atoms with Gasteiger partial charge < -0.3 is 0 Å². The van der Waals surface area contributed by atoms with Gasteiger partial charge in [-0.1, -0.05) is 30.3 Å². The second-order valence-corrected chi connectivity index (χ2v) is 8.02. The van der Waals surface area contributed by atoms with E-state index in [9.17, 15) is 4.21 Å². The summed E-state index contributed by atoms with van der Waals surface area (Å²) in [6.45, 7) is 3.92. The molecule has 0 aliphatic rings. The molecule has 1 unspecified atom stereocenters. The summed E-state index contributed by atoms with van der Waals surface area (Å²) in [6.07, 6.45) is 0. The minimum atomic E-state index is -1.11. The van der Waals surface area contributed by atoms with Gasteiger partial charge in [0.25, 0.3) is 0 Å². The van der Waals surface area contributed by atoms with Crippen LogP contribution in [0.2, 0.25) is 5.02 Å². The first kappa shape index (κ1) is 14.0. The molecule has 0 aliphatic carbocycles. The first-order chi connectivity index (χ1) is 8.56. The molecule has 5 heteroatoms. The molecule has 1 atom stereocenters. The molecule has 18 heavy (non-hydrogen) atoms. The maximum Gasteiger partial charge on any atom is 0.0705 e. The summed E-state index contributed by atoms with van der Waals surface area (Å²) in [5.74, 6) is 0.464. The van der Waals surface area contributed by atoms with Gasteiger partial charge in [-0.25, -0.2) is 0 Å². The monoisotopic (exact) mass is 360 g/mol. The molecule has 0 saturated carbocycles. The summed E-state index contributed by atoms with van der Waals surface area (Å²) in [6, 6.07) is 11.2. The van der Waals surface area contributed by atoms with Crippen molar-refractivity contribution in [3.63, 3.8) is 0 Å². The summed E-state index contributed by atoms with van der Waals surface area (Å²) in [7, 11) is -1.11. The van der Waals surface area contributed by atoms with Crippen molar-refractivity contribution in [2.24, 2.45) is 0 Å². The minimum absolute atomic E-state index is 0.464. The van der Waals surface area contributed by atoms with Gasteiger partial charge >= 0.3 is 0 Å². The third-order valence-electron chi connectivity index (χ3n) is 2.33. The maximum atomic E-state index is 12.2. The molecule has 0 amide bonds. The van der Waals surface area contributed by atoms with E-state index in [4.69, 9.17) is 11.6 Å². The molecule has 0 saturated heterocycles. The molecular formula is C13H10BrClOS2. The number of benzene rings is 1. The van der Waals surface area contributed by atoms with Crippen LogP contribution in [0.1, 0.15) is 10.4 Å². The smallest absolute Gasteiger partial charge is 0.0705 e. The van der Waals surface area contributed by atoms with Crippen LogP contribution in [0.15, 0.2) is 46.8 Å². The van der Waals surface area contributed by atoms with Crippen LogP contribution in [0.3, 0.4) is 0 Å². The summed E-state index contributed by atoms with van der Waals surface area (Å²) in [5.41, 5.74) is 0.995. The predicted octanol–water partition coefficient (Wildman–Crippen LogP) is 5.08. The van der Waals surface area contributed by atoms with E-state index >= 15 is 0 Å². The van der Waals surface area contributed by atoms with E-state index in [2.05, 4.69) is 22.5 Å². The molecule has 94 valence electrons. The molecule has 0 spiro atoms. The van der Waals surface area contributed by atoms with Gasteiger partial charge in [0.2, 0.25) is 0 Å². The summed E-state index contributed by atoms with van der Waals surface area (Å²) < 4.78 is 13.2. The number of rotatable bonds is 4. The van der Waals surface area contributed by atoms with Crippen molar-refractivity contribution >= 4 is 54.6 Å².